The SMILES string of the molecule is O=c1[nH]ccc2nc(NC3CCCCC3)c3ccc(F)cc3c12. The van der Waals surface area contributed by atoms with Gasteiger partial charge in [-0.25, -0.2) is 9.37 Å². The van der Waals surface area contributed by atoms with Crippen LogP contribution in [0.2, 0.25) is 0 Å². The van der Waals surface area contributed by atoms with Gasteiger partial charge in [-0.05, 0) is 37.1 Å². The van der Waals surface area contributed by atoms with E-state index in [1.165, 1.54) is 31.4 Å². The number of halogens is 1. The number of aromatic amines is 1. The molecule has 4 nitrogen and oxygen atoms in total. The highest BCUT2D eigenvalue weighted by Gasteiger charge is 2.17. The smallest absolute Gasteiger partial charge is 0.258 e. The van der Waals surface area contributed by atoms with Gasteiger partial charge in [0, 0.05) is 23.0 Å². The second kappa shape index (κ2) is 5.65. The topological polar surface area (TPSA) is 57.8 Å². The Balaban J connectivity index is 1.93. The molecule has 4 rings (SSSR count). The molecule has 1 aliphatic rings. The summed E-state index contributed by atoms with van der Waals surface area (Å²) in [4.78, 5) is 19.4. The van der Waals surface area contributed by atoms with E-state index in [4.69, 9.17) is 0 Å². The van der Waals surface area contributed by atoms with E-state index in [9.17, 15) is 9.18 Å². The zero-order chi connectivity index (χ0) is 15.8. The lowest BCUT2D eigenvalue weighted by Crippen LogP contribution is -2.23. The molecule has 2 heterocycles. The van der Waals surface area contributed by atoms with Crippen molar-refractivity contribution < 1.29 is 4.39 Å². The molecule has 0 saturated heterocycles. The molecule has 5 heteroatoms. The van der Waals surface area contributed by atoms with E-state index in [0.717, 1.165) is 24.0 Å². The maximum Gasteiger partial charge on any atom is 0.258 e. The first-order valence-electron chi connectivity index (χ1n) is 8.09. The van der Waals surface area contributed by atoms with E-state index in [1.54, 1.807) is 18.3 Å². The van der Waals surface area contributed by atoms with Gasteiger partial charge in [0.1, 0.15) is 11.6 Å². The zero-order valence-corrected chi connectivity index (χ0v) is 12.7. The minimum Gasteiger partial charge on any atom is -0.367 e. The van der Waals surface area contributed by atoms with E-state index < -0.39 is 0 Å². The van der Waals surface area contributed by atoms with E-state index in [-0.39, 0.29) is 11.4 Å². The first-order valence-corrected chi connectivity index (χ1v) is 8.09. The lowest BCUT2D eigenvalue weighted by Gasteiger charge is -2.24. The van der Waals surface area contributed by atoms with E-state index >= 15 is 0 Å². The molecule has 118 valence electrons. The van der Waals surface area contributed by atoms with Gasteiger partial charge >= 0.3 is 0 Å². The second-order valence-corrected chi connectivity index (χ2v) is 6.20. The third-order valence-electron chi connectivity index (χ3n) is 4.62. The number of benzene rings is 1. The average Bonchev–Trinajstić information content (AvgIpc) is 2.55. The van der Waals surface area contributed by atoms with Gasteiger partial charge in [0.05, 0.1) is 10.9 Å². The number of nitrogens with one attached hydrogen (secondary N) is 2. The van der Waals surface area contributed by atoms with Gasteiger partial charge < -0.3 is 10.3 Å². The lowest BCUT2D eigenvalue weighted by molar-refractivity contribution is 0.462. The quantitative estimate of drug-likeness (QED) is 0.704. The van der Waals surface area contributed by atoms with Gasteiger partial charge in [0.15, 0.2) is 0 Å². The highest BCUT2D eigenvalue weighted by molar-refractivity contribution is 6.09. The molecule has 1 aromatic carbocycles. The van der Waals surface area contributed by atoms with E-state index in [1.807, 2.05) is 0 Å². The number of rotatable bonds is 2. The molecule has 2 N–H and O–H groups in total. The minimum atomic E-state index is -0.350. The van der Waals surface area contributed by atoms with Gasteiger partial charge in [0.2, 0.25) is 0 Å². The molecule has 0 bridgehead atoms. The molecule has 0 atom stereocenters. The Morgan fingerprint density at radius 3 is 2.78 bits per heavy atom. The summed E-state index contributed by atoms with van der Waals surface area (Å²) in [5.74, 6) is 0.391. The van der Waals surface area contributed by atoms with Crippen LogP contribution in [-0.4, -0.2) is 16.0 Å². The normalized spacial score (nSPS) is 16.0. The Morgan fingerprint density at radius 2 is 1.96 bits per heavy atom. The van der Waals surface area contributed by atoms with Crippen molar-refractivity contribution in [3.63, 3.8) is 0 Å². The fourth-order valence-electron chi connectivity index (χ4n) is 3.48. The standard InChI is InChI=1S/C18H18FN3O/c19-11-6-7-13-14(10-11)16-15(8-9-20-18(16)23)22-17(13)21-12-4-2-1-3-5-12/h6-10,12H,1-5H2,(H,20,23)(H,21,22). The Hall–Kier alpha value is -2.43. The molecule has 0 unspecified atom stereocenters. The van der Waals surface area contributed by atoms with Crippen LogP contribution in [0.1, 0.15) is 32.1 Å². The van der Waals surface area contributed by atoms with Crippen molar-refractivity contribution in [1.82, 2.24) is 9.97 Å². The first-order chi connectivity index (χ1) is 11.2. The van der Waals surface area contributed by atoms with Crippen LogP contribution in [0.4, 0.5) is 10.2 Å². The van der Waals surface area contributed by atoms with Gasteiger partial charge in [-0.3, -0.25) is 4.79 Å². The number of fused-ring (bicyclic) bond motifs is 3. The molecule has 0 aliphatic heterocycles. The summed E-state index contributed by atoms with van der Waals surface area (Å²) in [6.07, 6.45) is 7.54. The Bertz CT molecular complexity index is 929. The zero-order valence-electron chi connectivity index (χ0n) is 12.7. The summed E-state index contributed by atoms with van der Waals surface area (Å²) in [7, 11) is 0. The van der Waals surface area contributed by atoms with Crippen LogP contribution in [0.15, 0.2) is 35.3 Å². The molecular weight excluding hydrogens is 293 g/mol. The third kappa shape index (κ3) is 2.56. The third-order valence-corrected chi connectivity index (χ3v) is 4.62. The molecule has 0 radical (unpaired) electrons. The van der Waals surface area contributed by atoms with E-state index in [2.05, 4.69) is 15.3 Å². The number of anilines is 1. The summed E-state index contributed by atoms with van der Waals surface area (Å²) in [6.45, 7) is 0. The summed E-state index contributed by atoms with van der Waals surface area (Å²) in [6, 6.07) is 6.69. The maximum atomic E-state index is 13.7. The van der Waals surface area contributed by atoms with Crippen molar-refractivity contribution in [2.24, 2.45) is 0 Å². The highest BCUT2D eigenvalue weighted by atomic mass is 19.1. The molecular formula is C18H18FN3O. The molecule has 1 saturated carbocycles. The van der Waals surface area contributed by atoms with Crippen molar-refractivity contribution in [3.05, 3.63) is 46.6 Å². The molecule has 3 aromatic rings. The molecule has 2 aromatic heterocycles. The largest absolute Gasteiger partial charge is 0.367 e. The van der Waals surface area contributed by atoms with Crippen molar-refractivity contribution in [2.45, 2.75) is 38.1 Å². The van der Waals surface area contributed by atoms with Crippen molar-refractivity contribution >= 4 is 27.5 Å². The van der Waals surface area contributed by atoms with Gasteiger partial charge in [-0.15, -0.1) is 0 Å². The maximum absolute atomic E-state index is 13.7. The number of pyridine rings is 2. The number of nitrogens with zero attached hydrogens (tertiary/aromatic N) is 1. The van der Waals surface area contributed by atoms with Crippen LogP contribution in [0.3, 0.4) is 0 Å². The molecule has 0 amide bonds. The van der Waals surface area contributed by atoms with Crippen LogP contribution in [-0.2, 0) is 0 Å². The predicted molar refractivity (Wildman–Crippen MR) is 90.3 cm³/mol. The van der Waals surface area contributed by atoms with Crippen LogP contribution < -0.4 is 10.9 Å². The summed E-state index contributed by atoms with van der Waals surface area (Å²) in [5.41, 5.74) is 0.347. The molecule has 1 aliphatic carbocycles. The monoisotopic (exact) mass is 311 g/mol. The average molecular weight is 311 g/mol. The Labute approximate surface area is 132 Å². The predicted octanol–water partition coefficient (Wildman–Crippen LogP) is 3.96. The van der Waals surface area contributed by atoms with Gasteiger partial charge in [-0.2, -0.15) is 0 Å². The highest BCUT2D eigenvalue weighted by Crippen LogP contribution is 2.30. The Kier molecular flexibility index (Phi) is 3.48. The summed E-state index contributed by atoms with van der Waals surface area (Å²) in [5, 5.41) is 5.35. The minimum absolute atomic E-state index is 0.241. The number of hydrogen-bond donors (Lipinski definition) is 2. The van der Waals surface area contributed by atoms with E-state index in [0.29, 0.717) is 22.3 Å². The number of hydrogen-bond acceptors (Lipinski definition) is 3. The Morgan fingerprint density at radius 1 is 1.13 bits per heavy atom. The van der Waals surface area contributed by atoms with Crippen LogP contribution in [0.5, 0.6) is 0 Å². The van der Waals surface area contributed by atoms with Gasteiger partial charge in [-0.1, -0.05) is 19.3 Å². The van der Waals surface area contributed by atoms with Crippen molar-refractivity contribution in [1.29, 1.82) is 0 Å². The van der Waals surface area contributed by atoms with Crippen LogP contribution in [0.25, 0.3) is 21.7 Å². The molecule has 23 heavy (non-hydrogen) atoms. The number of aromatic nitrogens is 2. The van der Waals surface area contributed by atoms with Crippen molar-refractivity contribution in [2.75, 3.05) is 5.32 Å². The lowest BCUT2D eigenvalue weighted by atomic mass is 9.95. The molecule has 0 spiro atoms. The van der Waals surface area contributed by atoms with Gasteiger partial charge in [0.25, 0.3) is 5.56 Å². The molecule has 1 fully saturated rings. The van der Waals surface area contributed by atoms with Crippen molar-refractivity contribution in [3.8, 4) is 0 Å². The summed E-state index contributed by atoms with van der Waals surface area (Å²) < 4.78 is 13.7. The fourth-order valence-corrected chi connectivity index (χ4v) is 3.48. The summed E-state index contributed by atoms with van der Waals surface area (Å²) >= 11 is 0. The van der Waals surface area contributed by atoms with Crippen LogP contribution in [0, 0.1) is 5.82 Å². The second-order valence-electron chi connectivity index (χ2n) is 6.20. The fraction of sp³-hybridized carbons (Fsp3) is 0.333. The first kappa shape index (κ1) is 14.2. The van der Waals surface area contributed by atoms with Crippen LogP contribution >= 0.6 is 0 Å². The number of H-pyrrole nitrogens is 1.